The second-order valence-corrected chi connectivity index (χ2v) is 9.35. The van der Waals surface area contributed by atoms with Gasteiger partial charge in [0.05, 0.1) is 18.2 Å². The summed E-state index contributed by atoms with van der Waals surface area (Å²) in [7, 11) is 0. The lowest BCUT2D eigenvalue weighted by molar-refractivity contribution is -0.137. The van der Waals surface area contributed by atoms with Crippen LogP contribution in [0.5, 0.6) is 0 Å². The van der Waals surface area contributed by atoms with Crippen molar-refractivity contribution in [2.45, 2.75) is 57.9 Å². The van der Waals surface area contributed by atoms with E-state index in [0.29, 0.717) is 23.5 Å². The van der Waals surface area contributed by atoms with Crippen molar-refractivity contribution in [2.75, 3.05) is 6.61 Å². The fourth-order valence-corrected chi connectivity index (χ4v) is 4.25. The maximum Gasteiger partial charge on any atom is 0.416 e. The zero-order valence-electron chi connectivity index (χ0n) is 17.3. The topological polar surface area (TPSA) is 43.6 Å². The first kappa shape index (κ1) is 22.5. The average molecular weight is 439 g/mol. The van der Waals surface area contributed by atoms with Crippen LogP contribution >= 0.6 is 11.3 Å². The van der Waals surface area contributed by atoms with Crippen molar-refractivity contribution >= 4 is 23.3 Å². The fourth-order valence-electron chi connectivity index (χ4n) is 3.20. The molecule has 1 amide bonds. The van der Waals surface area contributed by atoms with Crippen LogP contribution in [-0.2, 0) is 22.9 Å². The first-order valence-electron chi connectivity index (χ1n) is 9.74. The minimum atomic E-state index is -4.54. The molecule has 1 aliphatic rings. The molecule has 0 unspecified atom stereocenters. The van der Waals surface area contributed by atoms with E-state index in [9.17, 15) is 18.0 Å². The van der Waals surface area contributed by atoms with Gasteiger partial charge in [-0.3, -0.25) is 4.79 Å². The molecule has 1 aromatic carbocycles. The van der Waals surface area contributed by atoms with Crippen LogP contribution in [0.2, 0.25) is 0 Å². The lowest BCUT2D eigenvalue weighted by Crippen LogP contribution is -2.23. The zero-order chi connectivity index (χ0) is 22.1. The summed E-state index contributed by atoms with van der Waals surface area (Å²) in [4.78, 5) is 18.6. The van der Waals surface area contributed by atoms with E-state index in [2.05, 4.69) is 32.3 Å². The number of hydrogen-bond acceptors (Lipinski definition) is 3. The number of rotatable bonds is 4. The summed E-state index contributed by atoms with van der Waals surface area (Å²) in [6.07, 6.45) is 0.724. The first-order valence-corrected chi connectivity index (χ1v) is 10.6. The van der Waals surface area contributed by atoms with Crippen molar-refractivity contribution in [2.24, 2.45) is 4.99 Å². The van der Waals surface area contributed by atoms with E-state index < -0.39 is 17.6 Å². The third-order valence-electron chi connectivity index (χ3n) is 4.91. The number of carbonyl (C=O) groups excluding carboxylic acids is 1. The number of benzene rings is 1. The molecule has 0 aliphatic carbocycles. The van der Waals surface area contributed by atoms with Crippen LogP contribution < -0.4 is 4.80 Å². The molecule has 0 N–H and O–H groups in total. The van der Waals surface area contributed by atoms with E-state index in [1.165, 1.54) is 23.5 Å². The Bertz CT molecular complexity index is 1010. The second-order valence-electron chi connectivity index (χ2n) is 8.34. The van der Waals surface area contributed by atoms with Gasteiger partial charge in [0.2, 0.25) is 0 Å². The van der Waals surface area contributed by atoms with Crippen molar-refractivity contribution < 1.29 is 22.7 Å². The number of thiazole rings is 1. The van der Waals surface area contributed by atoms with Crippen LogP contribution in [0.3, 0.4) is 0 Å². The summed E-state index contributed by atoms with van der Waals surface area (Å²) in [5, 5.41) is 0. The number of halogens is 3. The number of hydrogen-bond donors (Lipinski definition) is 0. The summed E-state index contributed by atoms with van der Waals surface area (Å²) in [6, 6.07) is 3.02. The molecule has 3 rings (SSSR count). The zero-order valence-corrected chi connectivity index (χ0v) is 18.1. The molecule has 4 nitrogen and oxygen atoms in total. The Kier molecular flexibility index (Phi) is 6.38. The lowest BCUT2D eigenvalue weighted by Gasteiger charge is -2.15. The number of ether oxygens (including phenoxy) is 1. The predicted octanol–water partition coefficient (Wildman–Crippen LogP) is 5.43. The molecule has 30 heavy (non-hydrogen) atoms. The largest absolute Gasteiger partial charge is 0.416 e. The molecule has 2 aromatic rings. The Morgan fingerprint density at radius 2 is 2.10 bits per heavy atom. The molecule has 1 fully saturated rings. The van der Waals surface area contributed by atoms with E-state index in [0.717, 1.165) is 29.9 Å². The summed E-state index contributed by atoms with van der Waals surface area (Å²) < 4.78 is 47.0. The number of nitrogens with zero attached hydrogens (tertiary/aromatic N) is 2. The Morgan fingerprint density at radius 1 is 1.37 bits per heavy atom. The van der Waals surface area contributed by atoms with Gasteiger partial charge in [0, 0.05) is 23.2 Å². The van der Waals surface area contributed by atoms with Gasteiger partial charge in [-0.15, -0.1) is 11.3 Å². The van der Waals surface area contributed by atoms with Gasteiger partial charge >= 0.3 is 6.18 Å². The quantitative estimate of drug-likeness (QED) is 0.639. The van der Waals surface area contributed by atoms with E-state index >= 15 is 0 Å². The Labute approximate surface area is 177 Å². The van der Waals surface area contributed by atoms with Crippen LogP contribution in [0, 0.1) is 0 Å². The molecule has 1 atom stereocenters. The SMILES string of the molecule is C=Cc1ccc(C(F)(F)F)cc1C(=O)N=c1sc(C(C)(C)C)cn1C[C@H]1CCCO1. The molecule has 1 aliphatic heterocycles. The highest BCUT2D eigenvalue weighted by atomic mass is 32.1. The van der Waals surface area contributed by atoms with Gasteiger partial charge in [-0.1, -0.05) is 39.5 Å². The van der Waals surface area contributed by atoms with Gasteiger partial charge in [0.15, 0.2) is 4.80 Å². The van der Waals surface area contributed by atoms with Crippen molar-refractivity contribution in [3.63, 3.8) is 0 Å². The average Bonchev–Trinajstić information content (AvgIpc) is 3.31. The third kappa shape index (κ3) is 5.10. The van der Waals surface area contributed by atoms with Crippen LogP contribution in [0.25, 0.3) is 6.08 Å². The van der Waals surface area contributed by atoms with Crippen molar-refractivity contribution in [3.05, 3.63) is 57.3 Å². The first-order chi connectivity index (χ1) is 14.0. The molecule has 162 valence electrons. The van der Waals surface area contributed by atoms with Gasteiger partial charge in [-0.2, -0.15) is 18.2 Å². The normalized spacial score (nSPS) is 18.1. The van der Waals surface area contributed by atoms with E-state index in [1.807, 2.05) is 10.8 Å². The molecule has 0 saturated carbocycles. The number of aromatic nitrogens is 1. The molecule has 1 aromatic heterocycles. The third-order valence-corrected chi connectivity index (χ3v) is 6.36. The highest BCUT2D eigenvalue weighted by Crippen LogP contribution is 2.31. The van der Waals surface area contributed by atoms with E-state index in [1.54, 1.807) is 0 Å². The Hall–Kier alpha value is -2.19. The fraction of sp³-hybridized carbons (Fsp3) is 0.455. The monoisotopic (exact) mass is 438 g/mol. The van der Waals surface area contributed by atoms with Gasteiger partial charge in [-0.05, 0) is 36.0 Å². The molecular formula is C22H25F3N2O2S. The van der Waals surface area contributed by atoms with Crippen molar-refractivity contribution in [1.29, 1.82) is 0 Å². The summed E-state index contributed by atoms with van der Waals surface area (Å²) in [5.41, 5.74) is -0.841. The van der Waals surface area contributed by atoms with Gasteiger partial charge in [0.25, 0.3) is 5.91 Å². The number of amides is 1. The molecule has 2 heterocycles. The molecule has 1 saturated heterocycles. The van der Waals surface area contributed by atoms with Crippen LogP contribution in [-0.4, -0.2) is 23.2 Å². The standard InChI is InChI=1S/C22H25F3N2O2S/c1-5-14-8-9-15(22(23,24)25)11-17(14)19(28)26-20-27(12-16-7-6-10-29-16)13-18(30-20)21(2,3)4/h5,8-9,11,13,16H,1,6-7,10,12H2,2-4H3/t16-/m1/s1. The minimum Gasteiger partial charge on any atom is -0.376 e. The number of alkyl halides is 3. The highest BCUT2D eigenvalue weighted by Gasteiger charge is 2.31. The molecule has 0 spiro atoms. The Balaban J connectivity index is 2.06. The van der Waals surface area contributed by atoms with Crippen LogP contribution in [0.15, 0.2) is 36.0 Å². The summed E-state index contributed by atoms with van der Waals surface area (Å²) >= 11 is 1.37. The predicted molar refractivity (Wildman–Crippen MR) is 111 cm³/mol. The van der Waals surface area contributed by atoms with E-state index in [4.69, 9.17) is 4.74 Å². The molecule has 8 heteroatoms. The molecule has 0 bridgehead atoms. The van der Waals surface area contributed by atoms with E-state index in [-0.39, 0.29) is 17.1 Å². The van der Waals surface area contributed by atoms with Crippen molar-refractivity contribution in [3.8, 4) is 0 Å². The minimum absolute atomic E-state index is 0.0405. The maximum atomic E-state index is 13.1. The molecule has 0 radical (unpaired) electrons. The molecular weight excluding hydrogens is 413 g/mol. The summed E-state index contributed by atoms with van der Waals surface area (Å²) in [5.74, 6) is -0.723. The maximum absolute atomic E-state index is 13.1. The van der Waals surface area contributed by atoms with Gasteiger partial charge in [0.1, 0.15) is 0 Å². The van der Waals surface area contributed by atoms with Crippen LogP contribution in [0.4, 0.5) is 13.2 Å². The van der Waals surface area contributed by atoms with Gasteiger partial charge in [-0.25, -0.2) is 0 Å². The van der Waals surface area contributed by atoms with Crippen molar-refractivity contribution in [1.82, 2.24) is 4.57 Å². The van der Waals surface area contributed by atoms with Crippen LogP contribution in [0.1, 0.15) is 60.0 Å². The summed E-state index contributed by atoms with van der Waals surface area (Å²) in [6.45, 7) is 11.0. The number of carbonyl (C=O) groups is 1. The lowest BCUT2D eigenvalue weighted by atomic mass is 9.95. The van der Waals surface area contributed by atoms with Gasteiger partial charge < -0.3 is 9.30 Å². The highest BCUT2D eigenvalue weighted by molar-refractivity contribution is 7.09. The Morgan fingerprint density at radius 3 is 2.67 bits per heavy atom. The second kappa shape index (κ2) is 8.51. The smallest absolute Gasteiger partial charge is 0.376 e.